The standard InChI is InChI=1S/C18H32N2O4/c1-4-10-19(11-5-2)16(21)7-6-8-17(22)20-12-9-15(18(23)24)14(3)13-20/h14-15H,4-13H2,1-3H3,(H,23,24). The van der Waals surface area contributed by atoms with E-state index in [1.165, 1.54) is 0 Å². The van der Waals surface area contributed by atoms with Crippen LogP contribution in [0.15, 0.2) is 0 Å². The van der Waals surface area contributed by atoms with Crippen LogP contribution in [-0.2, 0) is 14.4 Å². The zero-order chi connectivity index (χ0) is 18.1. The van der Waals surface area contributed by atoms with Crippen LogP contribution >= 0.6 is 0 Å². The van der Waals surface area contributed by atoms with E-state index in [4.69, 9.17) is 5.11 Å². The van der Waals surface area contributed by atoms with E-state index in [2.05, 4.69) is 13.8 Å². The highest BCUT2D eigenvalue weighted by atomic mass is 16.4. The second-order valence-electron chi connectivity index (χ2n) is 6.78. The molecule has 1 saturated heterocycles. The summed E-state index contributed by atoms with van der Waals surface area (Å²) in [5.74, 6) is -0.980. The van der Waals surface area contributed by atoms with Gasteiger partial charge in [-0.15, -0.1) is 0 Å². The molecule has 0 radical (unpaired) electrons. The molecule has 2 atom stereocenters. The lowest BCUT2D eigenvalue weighted by Gasteiger charge is -2.35. The Balaban J connectivity index is 2.36. The van der Waals surface area contributed by atoms with E-state index in [1.807, 2.05) is 11.8 Å². The molecule has 2 amide bonds. The minimum Gasteiger partial charge on any atom is -0.481 e. The Morgan fingerprint density at radius 2 is 1.75 bits per heavy atom. The van der Waals surface area contributed by atoms with E-state index in [0.717, 1.165) is 25.9 Å². The van der Waals surface area contributed by atoms with Crippen molar-refractivity contribution in [2.24, 2.45) is 11.8 Å². The van der Waals surface area contributed by atoms with Gasteiger partial charge in [0.15, 0.2) is 0 Å². The number of carboxylic acids is 1. The van der Waals surface area contributed by atoms with Crippen LogP contribution in [0.5, 0.6) is 0 Å². The van der Waals surface area contributed by atoms with Crippen LogP contribution in [0.1, 0.15) is 59.3 Å². The average Bonchev–Trinajstić information content (AvgIpc) is 2.53. The Bertz CT molecular complexity index is 433. The summed E-state index contributed by atoms with van der Waals surface area (Å²) in [6.07, 6.45) is 3.74. The Hall–Kier alpha value is -1.59. The van der Waals surface area contributed by atoms with E-state index < -0.39 is 5.97 Å². The number of aliphatic carboxylic acids is 1. The largest absolute Gasteiger partial charge is 0.481 e. The molecule has 2 unspecified atom stereocenters. The lowest BCUT2D eigenvalue weighted by molar-refractivity contribution is -0.148. The summed E-state index contributed by atoms with van der Waals surface area (Å²) in [4.78, 5) is 39.2. The van der Waals surface area contributed by atoms with Crippen LogP contribution in [0.25, 0.3) is 0 Å². The van der Waals surface area contributed by atoms with Crippen LogP contribution in [0.2, 0.25) is 0 Å². The number of amides is 2. The number of likely N-dealkylation sites (tertiary alicyclic amines) is 1. The molecule has 1 N–H and O–H groups in total. The molecule has 0 aromatic rings. The molecule has 0 saturated carbocycles. The number of carbonyl (C=O) groups is 3. The number of rotatable bonds is 9. The SMILES string of the molecule is CCCN(CCC)C(=O)CCCC(=O)N1CCC(C(=O)O)C(C)C1. The first-order valence-corrected chi connectivity index (χ1v) is 9.19. The van der Waals surface area contributed by atoms with Gasteiger partial charge in [-0.05, 0) is 31.6 Å². The van der Waals surface area contributed by atoms with Gasteiger partial charge in [-0.1, -0.05) is 20.8 Å². The molecule has 0 bridgehead atoms. The monoisotopic (exact) mass is 340 g/mol. The summed E-state index contributed by atoms with van der Waals surface area (Å²) >= 11 is 0. The molecule has 0 aromatic carbocycles. The maximum atomic E-state index is 12.3. The van der Waals surface area contributed by atoms with Crippen molar-refractivity contribution in [1.29, 1.82) is 0 Å². The van der Waals surface area contributed by atoms with Gasteiger partial charge in [0.2, 0.25) is 11.8 Å². The lowest BCUT2D eigenvalue weighted by atomic mass is 9.87. The smallest absolute Gasteiger partial charge is 0.306 e. The second-order valence-corrected chi connectivity index (χ2v) is 6.78. The zero-order valence-electron chi connectivity index (χ0n) is 15.3. The molecule has 0 aliphatic carbocycles. The third kappa shape index (κ3) is 6.13. The van der Waals surface area contributed by atoms with E-state index in [0.29, 0.717) is 38.8 Å². The summed E-state index contributed by atoms with van der Waals surface area (Å²) < 4.78 is 0. The zero-order valence-corrected chi connectivity index (χ0v) is 15.3. The number of hydrogen-bond donors (Lipinski definition) is 1. The van der Waals surface area contributed by atoms with Gasteiger partial charge in [0.25, 0.3) is 0 Å². The molecular formula is C18H32N2O4. The summed E-state index contributed by atoms with van der Waals surface area (Å²) in [6.45, 7) is 8.56. The molecule has 1 heterocycles. The summed E-state index contributed by atoms with van der Waals surface area (Å²) in [7, 11) is 0. The van der Waals surface area contributed by atoms with Gasteiger partial charge in [-0.3, -0.25) is 14.4 Å². The van der Waals surface area contributed by atoms with Crippen molar-refractivity contribution in [1.82, 2.24) is 9.80 Å². The van der Waals surface area contributed by atoms with E-state index in [9.17, 15) is 14.4 Å². The first-order valence-electron chi connectivity index (χ1n) is 9.19. The summed E-state index contributed by atoms with van der Waals surface area (Å²) in [5.41, 5.74) is 0. The van der Waals surface area contributed by atoms with E-state index in [1.54, 1.807) is 4.90 Å². The lowest BCUT2D eigenvalue weighted by Crippen LogP contribution is -2.45. The quantitative estimate of drug-likeness (QED) is 0.699. The first kappa shape index (κ1) is 20.5. The highest BCUT2D eigenvalue weighted by Gasteiger charge is 2.32. The Kier molecular flexibility index (Phi) is 8.79. The maximum Gasteiger partial charge on any atom is 0.306 e. The van der Waals surface area contributed by atoms with Crippen LogP contribution in [-0.4, -0.2) is 58.9 Å². The topological polar surface area (TPSA) is 77.9 Å². The fourth-order valence-corrected chi connectivity index (χ4v) is 3.35. The van der Waals surface area contributed by atoms with Gasteiger partial charge in [-0.2, -0.15) is 0 Å². The Morgan fingerprint density at radius 3 is 2.25 bits per heavy atom. The number of carboxylic acid groups (broad SMARTS) is 1. The molecule has 6 nitrogen and oxygen atoms in total. The number of piperidine rings is 1. The molecule has 0 aromatic heterocycles. The summed E-state index contributed by atoms with van der Waals surface area (Å²) in [6, 6.07) is 0. The van der Waals surface area contributed by atoms with Gasteiger partial charge in [0.1, 0.15) is 0 Å². The van der Waals surface area contributed by atoms with Gasteiger partial charge in [0, 0.05) is 39.0 Å². The first-order chi connectivity index (χ1) is 11.4. The summed E-state index contributed by atoms with van der Waals surface area (Å²) in [5, 5.41) is 9.13. The van der Waals surface area contributed by atoms with Crippen LogP contribution in [0.3, 0.4) is 0 Å². The molecule has 1 aliphatic rings. The number of nitrogens with zero attached hydrogens (tertiary/aromatic N) is 2. The fourth-order valence-electron chi connectivity index (χ4n) is 3.35. The number of carbonyl (C=O) groups excluding carboxylic acids is 2. The molecule has 6 heteroatoms. The molecule has 24 heavy (non-hydrogen) atoms. The maximum absolute atomic E-state index is 12.3. The Labute approximate surface area is 145 Å². The highest BCUT2D eigenvalue weighted by Crippen LogP contribution is 2.24. The molecule has 0 spiro atoms. The normalized spacial score (nSPS) is 20.7. The van der Waals surface area contributed by atoms with Gasteiger partial charge >= 0.3 is 5.97 Å². The van der Waals surface area contributed by atoms with Crippen LogP contribution < -0.4 is 0 Å². The fraction of sp³-hybridized carbons (Fsp3) is 0.833. The van der Waals surface area contributed by atoms with Crippen molar-refractivity contribution in [3.8, 4) is 0 Å². The van der Waals surface area contributed by atoms with Gasteiger partial charge in [0.05, 0.1) is 5.92 Å². The van der Waals surface area contributed by atoms with Crippen LogP contribution in [0, 0.1) is 11.8 Å². The molecular weight excluding hydrogens is 308 g/mol. The van der Waals surface area contributed by atoms with Crippen molar-refractivity contribution >= 4 is 17.8 Å². The second kappa shape index (κ2) is 10.3. The minimum atomic E-state index is -0.771. The van der Waals surface area contributed by atoms with Gasteiger partial charge in [-0.25, -0.2) is 0 Å². The molecule has 1 aliphatic heterocycles. The predicted octanol–water partition coefficient (Wildman–Crippen LogP) is 2.37. The third-order valence-corrected chi connectivity index (χ3v) is 4.70. The Morgan fingerprint density at radius 1 is 1.12 bits per heavy atom. The van der Waals surface area contributed by atoms with Crippen molar-refractivity contribution in [2.75, 3.05) is 26.2 Å². The van der Waals surface area contributed by atoms with Crippen molar-refractivity contribution in [2.45, 2.75) is 59.3 Å². The van der Waals surface area contributed by atoms with Crippen LogP contribution in [0.4, 0.5) is 0 Å². The van der Waals surface area contributed by atoms with Crippen molar-refractivity contribution < 1.29 is 19.5 Å². The minimum absolute atomic E-state index is 0.0218. The third-order valence-electron chi connectivity index (χ3n) is 4.70. The van der Waals surface area contributed by atoms with Crippen molar-refractivity contribution in [3.63, 3.8) is 0 Å². The number of hydrogen-bond acceptors (Lipinski definition) is 3. The predicted molar refractivity (Wildman–Crippen MR) is 92.5 cm³/mol. The molecule has 138 valence electrons. The van der Waals surface area contributed by atoms with E-state index >= 15 is 0 Å². The average molecular weight is 340 g/mol. The molecule has 1 rings (SSSR count). The van der Waals surface area contributed by atoms with Crippen molar-refractivity contribution in [3.05, 3.63) is 0 Å². The highest BCUT2D eigenvalue weighted by molar-refractivity contribution is 5.79. The van der Waals surface area contributed by atoms with E-state index in [-0.39, 0.29) is 23.7 Å². The van der Waals surface area contributed by atoms with Gasteiger partial charge < -0.3 is 14.9 Å². The molecule has 1 fully saturated rings.